The number of rotatable bonds is 4. The number of aryl methyl sites for hydroxylation is 2. The minimum absolute atomic E-state index is 0.0208. The third-order valence-electron chi connectivity index (χ3n) is 5.23. The molecule has 1 atom stereocenters. The van der Waals surface area contributed by atoms with Gasteiger partial charge in [0.05, 0.1) is 16.4 Å². The topological polar surface area (TPSA) is 68.7 Å². The molecule has 7 heteroatoms. The fourth-order valence-electron chi connectivity index (χ4n) is 3.87. The van der Waals surface area contributed by atoms with Crippen LogP contribution in [-0.2, 0) is 14.3 Å². The van der Waals surface area contributed by atoms with Crippen molar-refractivity contribution in [3.63, 3.8) is 0 Å². The molecule has 2 aromatic rings. The minimum Gasteiger partial charge on any atom is -0.479 e. The number of nitrogens with zero attached hydrogens (tertiary/aromatic N) is 2. The van der Waals surface area contributed by atoms with E-state index in [1.807, 2.05) is 32.0 Å². The first-order valence-electron chi connectivity index (χ1n) is 9.68. The first-order valence-corrected chi connectivity index (χ1v) is 10.5. The molecule has 1 amide bonds. The molecule has 1 aliphatic heterocycles. The number of aromatic nitrogens is 1. The Morgan fingerprint density at radius 3 is 2.75 bits per heavy atom. The van der Waals surface area contributed by atoms with Gasteiger partial charge in [0.15, 0.2) is 6.10 Å². The van der Waals surface area contributed by atoms with E-state index in [9.17, 15) is 9.59 Å². The molecular weight excluding hydrogens is 376 g/mol. The quantitative estimate of drug-likeness (QED) is 0.725. The van der Waals surface area contributed by atoms with Crippen LogP contribution in [0, 0.1) is 13.8 Å². The molecule has 1 saturated carbocycles. The van der Waals surface area contributed by atoms with Gasteiger partial charge in [0.25, 0.3) is 5.91 Å². The van der Waals surface area contributed by atoms with Gasteiger partial charge in [-0.2, -0.15) is 0 Å². The highest BCUT2D eigenvalue weighted by molar-refractivity contribution is 7.11. The Hall–Kier alpha value is -2.41. The molecule has 2 aliphatic rings. The van der Waals surface area contributed by atoms with Crippen molar-refractivity contribution in [2.45, 2.75) is 58.7 Å². The van der Waals surface area contributed by atoms with E-state index in [4.69, 9.17) is 9.47 Å². The summed E-state index contributed by atoms with van der Waals surface area (Å²) in [7, 11) is 0. The summed E-state index contributed by atoms with van der Waals surface area (Å²) in [5.41, 5.74) is 2.39. The van der Waals surface area contributed by atoms with Crippen LogP contribution in [0.3, 0.4) is 0 Å². The molecule has 1 aromatic heterocycles. The molecule has 1 aromatic carbocycles. The summed E-state index contributed by atoms with van der Waals surface area (Å²) in [6.45, 7) is 5.59. The monoisotopic (exact) mass is 400 g/mol. The Labute approximate surface area is 168 Å². The number of carbonyl (C=O) groups is 2. The summed E-state index contributed by atoms with van der Waals surface area (Å²) in [6, 6.07) is 5.67. The zero-order valence-corrected chi connectivity index (χ0v) is 17.2. The number of benzene rings is 1. The molecule has 28 heavy (non-hydrogen) atoms. The number of carbonyl (C=O) groups excluding carboxylic acids is 2. The summed E-state index contributed by atoms with van der Waals surface area (Å²) in [4.78, 5) is 32.4. The fraction of sp³-hybridized carbons (Fsp3) is 0.476. The molecular formula is C21H24N2O4S. The number of fused-ring (bicyclic) bond motifs is 1. The van der Waals surface area contributed by atoms with Crippen LogP contribution in [0.2, 0.25) is 0 Å². The van der Waals surface area contributed by atoms with Gasteiger partial charge < -0.3 is 9.47 Å². The number of thiazole rings is 1. The lowest BCUT2D eigenvalue weighted by molar-refractivity contribution is -0.148. The summed E-state index contributed by atoms with van der Waals surface area (Å²) in [6.07, 6.45) is 3.33. The summed E-state index contributed by atoms with van der Waals surface area (Å²) >= 11 is 1.63. The van der Waals surface area contributed by atoms with Crippen LogP contribution in [0.1, 0.15) is 42.5 Å². The molecule has 0 radical (unpaired) electrons. The van der Waals surface area contributed by atoms with Crippen molar-refractivity contribution in [2.75, 3.05) is 11.4 Å². The van der Waals surface area contributed by atoms with Crippen LogP contribution < -0.4 is 9.64 Å². The molecule has 1 aliphatic carbocycles. The highest BCUT2D eigenvalue weighted by atomic mass is 32.1. The maximum atomic E-state index is 12.8. The van der Waals surface area contributed by atoms with E-state index < -0.39 is 6.10 Å². The van der Waals surface area contributed by atoms with E-state index in [0.717, 1.165) is 46.8 Å². The van der Waals surface area contributed by atoms with Gasteiger partial charge in [0, 0.05) is 10.4 Å². The highest BCUT2D eigenvalue weighted by Gasteiger charge is 2.34. The lowest BCUT2D eigenvalue weighted by atomic mass is 10.1. The largest absolute Gasteiger partial charge is 0.479 e. The normalized spacial score (nSPS) is 19.5. The van der Waals surface area contributed by atoms with Gasteiger partial charge in [0.2, 0.25) is 0 Å². The molecule has 6 nitrogen and oxygen atoms in total. The predicted molar refractivity (Wildman–Crippen MR) is 108 cm³/mol. The van der Waals surface area contributed by atoms with E-state index in [1.54, 1.807) is 18.3 Å². The van der Waals surface area contributed by atoms with Crippen LogP contribution in [0.5, 0.6) is 5.75 Å². The van der Waals surface area contributed by atoms with Crippen LogP contribution in [0.4, 0.5) is 5.69 Å². The van der Waals surface area contributed by atoms with Crippen molar-refractivity contribution in [1.82, 2.24) is 4.98 Å². The van der Waals surface area contributed by atoms with Gasteiger partial charge in [-0.15, -0.1) is 11.3 Å². The standard InChI is InChI=1S/C21H24N2O4S/c1-12-21(25)23(11-19(24)27-16-6-4-5-7-16)17-10-15(8-9-18(17)26-12)20-13(2)28-14(3)22-20/h8-10,12,16H,4-7,11H2,1-3H3. The molecule has 2 heterocycles. The second kappa shape index (κ2) is 7.54. The Balaban J connectivity index is 1.63. The zero-order valence-electron chi connectivity index (χ0n) is 16.4. The number of hydrogen-bond donors (Lipinski definition) is 0. The molecule has 0 N–H and O–H groups in total. The predicted octanol–water partition coefficient (Wildman–Crippen LogP) is 4.03. The average molecular weight is 401 g/mol. The van der Waals surface area contributed by atoms with Gasteiger partial charge in [0.1, 0.15) is 18.4 Å². The smallest absolute Gasteiger partial charge is 0.326 e. The van der Waals surface area contributed by atoms with E-state index in [-0.39, 0.29) is 24.5 Å². The Bertz CT molecular complexity index is 917. The Morgan fingerprint density at radius 2 is 2.07 bits per heavy atom. The maximum absolute atomic E-state index is 12.8. The van der Waals surface area contributed by atoms with E-state index in [0.29, 0.717) is 11.4 Å². The second-order valence-corrected chi connectivity index (χ2v) is 8.81. The second-order valence-electron chi connectivity index (χ2n) is 7.40. The van der Waals surface area contributed by atoms with E-state index >= 15 is 0 Å². The van der Waals surface area contributed by atoms with Gasteiger partial charge in [-0.25, -0.2) is 4.98 Å². The zero-order chi connectivity index (χ0) is 19.8. The maximum Gasteiger partial charge on any atom is 0.326 e. The minimum atomic E-state index is -0.638. The van der Waals surface area contributed by atoms with Gasteiger partial charge in [-0.1, -0.05) is 0 Å². The van der Waals surface area contributed by atoms with Gasteiger partial charge >= 0.3 is 5.97 Å². The molecule has 1 fully saturated rings. The van der Waals surface area contributed by atoms with Crippen molar-refractivity contribution < 1.29 is 19.1 Å². The number of anilines is 1. The lowest BCUT2D eigenvalue weighted by Crippen LogP contribution is -2.47. The van der Waals surface area contributed by atoms with Crippen LogP contribution in [0.15, 0.2) is 18.2 Å². The summed E-state index contributed by atoms with van der Waals surface area (Å²) in [5, 5.41) is 0.989. The summed E-state index contributed by atoms with van der Waals surface area (Å²) in [5.74, 6) is -0.0142. The third kappa shape index (κ3) is 3.63. The fourth-order valence-corrected chi connectivity index (χ4v) is 4.71. The molecule has 148 valence electrons. The van der Waals surface area contributed by atoms with Gasteiger partial charge in [-0.3, -0.25) is 14.5 Å². The first-order chi connectivity index (χ1) is 13.4. The Morgan fingerprint density at radius 1 is 1.32 bits per heavy atom. The highest BCUT2D eigenvalue weighted by Crippen LogP contribution is 2.38. The van der Waals surface area contributed by atoms with Crippen LogP contribution in [-0.4, -0.2) is 35.6 Å². The van der Waals surface area contributed by atoms with Crippen molar-refractivity contribution in [3.05, 3.63) is 28.1 Å². The van der Waals surface area contributed by atoms with Crippen LogP contribution in [0.25, 0.3) is 11.3 Å². The van der Waals surface area contributed by atoms with Crippen molar-refractivity contribution in [3.8, 4) is 17.0 Å². The molecule has 4 rings (SSSR count). The third-order valence-corrected chi connectivity index (χ3v) is 6.12. The van der Waals surface area contributed by atoms with Crippen molar-refractivity contribution in [2.24, 2.45) is 0 Å². The number of esters is 1. The van der Waals surface area contributed by atoms with E-state index in [1.165, 1.54) is 4.90 Å². The molecule has 1 unspecified atom stereocenters. The number of ether oxygens (including phenoxy) is 2. The van der Waals surface area contributed by atoms with Crippen molar-refractivity contribution in [1.29, 1.82) is 0 Å². The van der Waals surface area contributed by atoms with Crippen LogP contribution >= 0.6 is 11.3 Å². The average Bonchev–Trinajstić information content (AvgIpc) is 3.27. The molecule has 0 bridgehead atoms. The number of amides is 1. The SMILES string of the molecule is Cc1nc(-c2ccc3c(c2)N(CC(=O)OC2CCCC2)C(=O)C(C)O3)c(C)s1. The van der Waals surface area contributed by atoms with Crippen molar-refractivity contribution >= 4 is 28.9 Å². The first kappa shape index (κ1) is 18.9. The lowest BCUT2D eigenvalue weighted by Gasteiger charge is -2.32. The Kier molecular flexibility index (Phi) is 5.10. The molecule has 0 saturated heterocycles. The molecule has 0 spiro atoms. The number of hydrogen-bond acceptors (Lipinski definition) is 6. The van der Waals surface area contributed by atoms with E-state index in [2.05, 4.69) is 4.98 Å². The van der Waals surface area contributed by atoms with Gasteiger partial charge in [-0.05, 0) is 64.7 Å². The summed E-state index contributed by atoms with van der Waals surface area (Å²) < 4.78 is 11.3.